The van der Waals surface area contributed by atoms with E-state index in [1.54, 1.807) is 18.3 Å². The van der Waals surface area contributed by atoms with Gasteiger partial charge in [-0.05, 0) is 44.0 Å². The number of hydrogen-bond acceptors (Lipinski definition) is 6. The van der Waals surface area contributed by atoms with Gasteiger partial charge >= 0.3 is 0 Å². The Labute approximate surface area is 170 Å². The van der Waals surface area contributed by atoms with Crippen LogP contribution in [0.25, 0.3) is 11.2 Å². The molecule has 0 atom stereocenters. The number of aryl methyl sites for hydroxylation is 1. The van der Waals surface area contributed by atoms with Gasteiger partial charge in [0, 0.05) is 31.4 Å². The van der Waals surface area contributed by atoms with Crippen molar-refractivity contribution < 1.29 is 17.9 Å². The van der Waals surface area contributed by atoms with Crippen LogP contribution in [-0.2, 0) is 10.0 Å². The van der Waals surface area contributed by atoms with Gasteiger partial charge in [-0.15, -0.1) is 0 Å². The Bertz CT molecular complexity index is 1130. The molecule has 8 nitrogen and oxygen atoms in total. The fourth-order valence-corrected chi connectivity index (χ4v) is 5.43. The summed E-state index contributed by atoms with van der Waals surface area (Å²) in [6, 6.07) is 8.68. The maximum absolute atomic E-state index is 13.1. The van der Waals surface area contributed by atoms with E-state index in [0.29, 0.717) is 37.4 Å². The minimum absolute atomic E-state index is 0.173. The standard InChI is InChI=1S/C20H24N4O4S/c1-14-22-17-5-4-10-21-20(17)24(14)15-8-11-23(12-9-15)29(25,26)16-6-7-18(27-2)19(13-16)28-3/h4-7,10,13,15H,8-9,11-12H2,1-3H3. The van der Waals surface area contributed by atoms with Crippen molar-refractivity contribution in [2.45, 2.75) is 30.7 Å². The van der Waals surface area contributed by atoms with E-state index in [2.05, 4.69) is 14.5 Å². The molecule has 0 bridgehead atoms. The quantitative estimate of drug-likeness (QED) is 0.636. The lowest BCUT2D eigenvalue weighted by Crippen LogP contribution is -2.39. The largest absolute Gasteiger partial charge is 0.493 e. The Balaban J connectivity index is 1.55. The second-order valence-electron chi connectivity index (χ2n) is 7.03. The molecule has 2 aromatic heterocycles. The van der Waals surface area contributed by atoms with E-state index < -0.39 is 10.0 Å². The fourth-order valence-electron chi connectivity index (χ4n) is 3.95. The topological polar surface area (TPSA) is 86.6 Å². The number of hydrogen-bond donors (Lipinski definition) is 0. The molecule has 1 aliphatic heterocycles. The van der Waals surface area contributed by atoms with Gasteiger partial charge in [-0.3, -0.25) is 0 Å². The first kappa shape index (κ1) is 19.7. The molecule has 3 heterocycles. The van der Waals surface area contributed by atoms with E-state index in [9.17, 15) is 8.42 Å². The number of ether oxygens (including phenoxy) is 2. The zero-order chi connectivity index (χ0) is 20.6. The molecule has 154 valence electrons. The first-order chi connectivity index (χ1) is 14.0. The first-order valence-corrected chi connectivity index (χ1v) is 10.9. The number of piperidine rings is 1. The summed E-state index contributed by atoms with van der Waals surface area (Å²) in [5.74, 6) is 1.80. The number of sulfonamides is 1. The Hall–Kier alpha value is -2.65. The SMILES string of the molecule is COc1ccc(S(=O)(=O)N2CCC(n3c(C)nc4cccnc43)CC2)cc1OC. The Morgan fingerprint density at radius 1 is 1.07 bits per heavy atom. The smallest absolute Gasteiger partial charge is 0.243 e. The number of pyridine rings is 1. The van der Waals surface area contributed by atoms with E-state index in [-0.39, 0.29) is 10.9 Å². The summed E-state index contributed by atoms with van der Waals surface area (Å²) >= 11 is 0. The third-order valence-corrected chi connectivity index (χ3v) is 7.30. The molecule has 29 heavy (non-hydrogen) atoms. The summed E-state index contributed by atoms with van der Waals surface area (Å²) < 4.78 is 40.4. The highest BCUT2D eigenvalue weighted by Crippen LogP contribution is 2.33. The lowest BCUT2D eigenvalue weighted by molar-refractivity contribution is 0.274. The van der Waals surface area contributed by atoms with Crippen LogP contribution in [0.15, 0.2) is 41.4 Å². The molecule has 0 aliphatic carbocycles. The molecule has 1 aromatic carbocycles. The lowest BCUT2D eigenvalue weighted by atomic mass is 10.1. The van der Waals surface area contributed by atoms with Crippen molar-refractivity contribution in [1.82, 2.24) is 18.8 Å². The molecule has 3 aromatic rings. The molecule has 9 heteroatoms. The van der Waals surface area contributed by atoms with Crippen LogP contribution >= 0.6 is 0 Å². The molecule has 0 amide bonds. The summed E-state index contributed by atoms with van der Waals surface area (Å²) in [4.78, 5) is 9.26. The third-order valence-electron chi connectivity index (χ3n) is 5.41. The minimum atomic E-state index is -3.61. The van der Waals surface area contributed by atoms with Crippen molar-refractivity contribution in [3.63, 3.8) is 0 Å². The van der Waals surface area contributed by atoms with Gasteiger partial charge in [-0.2, -0.15) is 4.31 Å². The van der Waals surface area contributed by atoms with Gasteiger partial charge in [-0.1, -0.05) is 0 Å². The minimum Gasteiger partial charge on any atom is -0.493 e. The van der Waals surface area contributed by atoms with E-state index in [0.717, 1.165) is 17.0 Å². The number of rotatable bonds is 5. The van der Waals surface area contributed by atoms with Crippen LogP contribution in [0.5, 0.6) is 11.5 Å². The van der Waals surface area contributed by atoms with Gasteiger partial charge < -0.3 is 14.0 Å². The maximum Gasteiger partial charge on any atom is 0.243 e. The number of imidazole rings is 1. The fraction of sp³-hybridized carbons (Fsp3) is 0.400. The summed E-state index contributed by atoms with van der Waals surface area (Å²) in [5, 5.41) is 0. The molecule has 1 saturated heterocycles. The van der Waals surface area contributed by atoms with Crippen LogP contribution in [0.2, 0.25) is 0 Å². The molecule has 1 aliphatic rings. The average Bonchev–Trinajstić information content (AvgIpc) is 3.08. The third kappa shape index (κ3) is 3.44. The Morgan fingerprint density at radius 2 is 1.79 bits per heavy atom. The molecular weight excluding hydrogens is 392 g/mol. The highest BCUT2D eigenvalue weighted by atomic mass is 32.2. The molecule has 0 radical (unpaired) electrons. The summed E-state index contributed by atoms with van der Waals surface area (Å²) in [5.41, 5.74) is 1.72. The normalized spacial score (nSPS) is 16.2. The van der Waals surface area contributed by atoms with Gasteiger partial charge in [0.05, 0.1) is 19.1 Å². The molecule has 1 fully saturated rings. The van der Waals surface area contributed by atoms with Crippen molar-refractivity contribution in [1.29, 1.82) is 0 Å². The summed E-state index contributed by atoms with van der Waals surface area (Å²) in [6.45, 7) is 2.84. The molecule has 0 unspecified atom stereocenters. The molecular formula is C20H24N4O4S. The highest BCUT2D eigenvalue weighted by molar-refractivity contribution is 7.89. The number of benzene rings is 1. The van der Waals surface area contributed by atoms with Crippen molar-refractivity contribution in [2.75, 3.05) is 27.3 Å². The Kier molecular flexibility index (Phi) is 5.18. The number of aromatic nitrogens is 3. The molecule has 0 N–H and O–H groups in total. The lowest BCUT2D eigenvalue weighted by Gasteiger charge is -2.32. The van der Waals surface area contributed by atoms with Gasteiger partial charge in [0.25, 0.3) is 0 Å². The van der Waals surface area contributed by atoms with Crippen LogP contribution in [0.3, 0.4) is 0 Å². The number of methoxy groups -OCH3 is 2. The van der Waals surface area contributed by atoms with E-state index in [1.807, 2.05) is 19.1 Å². The van der Waals surface area contributed by atoms with Crippen molar-refractivity contribution in [3.8, 4) is 11.5 Å². The summed E-state index contributed by atoms with van der Waals surface area (Å²) in [6.07, 6.45) is 3.17. The van der Waals surface area contributed by atoms with E-state index in [1.165, 1.54) is 24.6 Å². The number of fused-ring (bicyclic) bond motifs is 1. The van der Waals surface area contributed by atoms with Crippen LogP contribution in [0.4, 0.5) is 0 Å². The highest BCUT2D eigenvalue weighted by Gasteiger charge is 2.31. The van der Waals surface area contributed by atoms with Gasteiger partial charge in [0.15, 0.2) is 17.1 Å². The van der Waals surface area contributed by atoms with Crippen molar-refractivity contribution in [3.05, 3.63) is 42.4 Å². The van der Waals surface area contributed by atoms with Gasteiger partial charge in [0.2, 0.25) is 10.0 Å². The van der Waals surface area contributed by atoms with Gasteiger partial charge in [0.1, 0.15) is 11.3 Å². The molecule has 4 rings (SSSR count). The van der Waals surface area contributed by atoms with E-state index >= 15 is 0 Å². The molecule has 0 spiro atoms. The van der Waals surface area contributed by atoms with Crippen LogP contribution in [0.1, 0.15) is 24.7 Å². The Morgan fingerprint density at radius 3 is 2.48 bits per heavy atom. The van der Waals surface area contributed by atoms with Gasteiger partial charge in [-0.25, -0.2) is 18.4 Å². The van der Waals surface area contributed by atoms with E-state index in [4.69, 9.17) is 9.47 Å². The second kappa shape index (κ2) is 7.64. The average molecular weight is 417 g/mol. The molecule has 0 saturated carbocycles. The zero-order valence-corrected chi connectivity index (χ0v) is 17.5. The first-order valence-electron chi connectivity index (χ1n) is 9.47. The monoisotopic (exact) mass is 416 g/mol. The van der Waals surface area contributed by atoms with Crippen molar-refractivity contribution in [2.24, 2.45) is 0 Å². The van der Waals surface area contributed by atoms with Crippen LogP contribution in [-0.4, -0.2) is 54.6 Å². The van der Waals surface area contributed by atoms with Crippen LogP contribution in [0, 0.1) is 6.92 Å². The predicted molar refractivity (Wildman–Crippen MR) is 109 cm³/mol. The summed E-state index contributed by atoms with van der Waals surface area (Å²) in [7, 11) is -0.594. The van der Waals surface area contributed by atoms with Crippen molar-refractivity contribution >= 4 is 21.2 Å². The zero-order valence-electron chi connectivity index (χ0n) is 16.7. The predicted octanol–water partition coefficient (Wildman–Crippen LogP) is 2.78. The number of nitrogens with zero attached hydrogens (tertiary/aromatic N) is 4. The van der Waals surface area contributed by atoms with Crippen LogP contribution < -0.4 is 9.47 Å². The second-order valence-corrected chi connectivity index (χ2v) is 8.97. The maximum atomic E-state index is 13.1.